The lowest BCUT2D eigenvalue weighted by Crippen LogP contribution is -2.26. The Labute approximate surface area is 186 Å². The third-order valence-electron chi connectivity index (χ3n) is 4.30. The van der Waals surface area contributed by atoms with Gasteiger partial charge in [-0.05, 0) is 48.5 Å². The van der Waals surface area contributed by atoms with Crippen molar-refractivity contribution < 1.29 is 17.9 Å². The van der Waals surface area contributed by atoms with E-state index in [4.69, 9.17) is 27.9 Å². The van der Waals surface area contributed by atoms with Crippen LogP contribution in [0.5, 0.6) is 5.75 Å². The average molecular weight is 482 g/mol. The van der Waals surface area contributed by atoms with Gasteiger partial charge in [-0.15, -0.1) is 11.3 Å². The third-order valence-corrected chi connectivity index (χ3v) is 7.37. The van der Waals surface area contributed by atoms with Gasteiger partial charge in [-0.1, -0.05) is 23.2 Å². The van der Waals surface area contributed by atoms with Crippen LogP contribution >= 0.6 is 34.5 Å². The van der Waals surface area contributed by atoms with E-state index >= 15 is 0 Å². The number of hydrogen-bond acceptors (Lipinski definition) is 6. The zero-order chi connectivity index (χ0) is 21.5. The van der Waals surface area contributed by atoms with Gasteiger partial charge in [0, 0.05) is 23.6 Å². The highest BCUT2D eigenvalue weighted by atomic mass is 35.5. The zero-order valence-corrected chi connectivity index (χ0v) is 18.5. The smallest absolute Gasteiger partial charge is 0.364 e. The molecule has 0 fully saturated rings. The van der Waals surface area contributed by atoms with Crippen molar-refractivity contribution in [1.82, 2.24) is 9.38 Å². The fourth-order valence-corrected chi connectivity index (χ4v) is 5.06. The van der Waals surface area contributed by atoms with Gasteiger partial charge in [0.1, 0.15) is 5.75 Å². The predicted octanol–water partition coefficient (Wildman–Crippen LogP) is 4.75. The number of halogens is 2. The first-order valence-corrected chi connectivity index (χ1v) is 11.5. The molecule has 0 bridgehead atoms. The maximum absolute atomic E-state index is 12.8. The molecule has 0 amide bonds. The molecule has 4 rings (SSSR count). The summed E-state index contributed by atoms with van der Waals surface area (Å²) in [5.74, 6) is -0.428. The van der Waals surface area contributed by atoms with Crippen LogP contribution in [0.15, 0.2) is 65.0 Å². The number of anilines is 1. The van der Waals surface area contributed by atoms with E-state index in [1.807, 2.05) is 0 Å². The topological polar surface area (TPSA) is 81.0 Å². The van der Waals surface area contributed by atoms with Gasteiger partial charge < -0.3 is 4.74 Å². The Bertz CT molecular complexity index is 1330. The van der Waals surface area contributed by atoms with Crippen molar-refractivity contribution in [2.75, 3.05) is 11.4 Å². The number of nitrogens with zero attached hydrogens (tertiary/aromatic N) is 3. The Hall–Kier alpha value is -2.59. The van der Waals surface area contributed by atoms with Crippen molar-refractivity contribution in [1.29, 1.82) is 0 Å². The van der Waals surface area contributed by atoms with Crippen molar-refractivity contribution in [3.05, 3.63) is 76.0 Å². The van der Waals surface area contributed by atoms with Crippen LogP contribution in [0.1, 0.15) is 10.5 Å². The van der Waals surface area contributed by atoms with Gasteiger partial charge in [-0.2, -0.15) is 0 Å². The van der Waals surface area contributed by atoms with E-state index in [0.717, 1.165) is 4.31 Å². The van der Waals surface area contributed by atoms with Crippen LogP contribution in [0, 0.1) is 0 Å². The van der Waals surface area contributed by atoms with Gasteiger partial charge >= 0.3 is 5.97 Å². The maximum atomic E-state index is 12.8. The van der Waals surface area contributed by atoms with E-state index in [1.54, 1.807) is 16.0 Å². The lowest BCUT2D eigenvalue weighted by Gasteiger charge is -2.19. The quantitative estimate of drug-likeness (QED) is 0.303. The second kappa shape index (κ2) is 7.92. The van der Waals surface area contributed by atoms with Gasteiger partial charge in [0.2, 0.25) is 0 Å². The molecule has 0 radical (unpaired) electrons. The molecule has 11 heteroatoms. The molecular weight excluding hydrogens is 469 g/mol. The molecule has 2 aromatic heterocycles. The maximum Gasteiger partial charge on any atom is 0.364 e. The van der Waals surface area contributed by atoms with E-state index in [2.05, 4.69) is 4.98 Å². The summed E-state index contributed by atoms with van der Waals surface area (Å²) in [7, 11) is -2.33. The number of aromatic nitrogens is 2. The molecule has 0 aliphatic rings. The van der Waals surface area contributed by atoms with Crippen LogP contribution in [-0.4, -0.2) is 30.8 Å². The van der Waals surface area contributed by atoms with Crippen LogP contribution in [0.3, 0.4) is 0 Å². The van der Waals surface area contributed by atoms with E-state index in [1.165, 1.54) is 66.9 Å². The number of esters is 1. The highest BCUT2D eigenvalue weighted by Gasteiger charge is 2.23. The third kappa shape index (κ3) is 3.77. The highest BCUT2D eigenvalue weighted by molar-refractivity contribution is 7.92. The molecule has 0 spiro atoms. The van der Waals surface area contributed by atoms with Crippen molar-refractivity contribution in [3.63, 3.8) is 0 Å². The molecule has 0 aliphatic carbocycles. The molecule has 30 heavy (non-hydrogen) atoms. The van der Waals surface area contributed by atoms with E-state index < -0.39 is 16.0 Å². The summed E-state index contributed by atoms with van der Waals surface area (Å²) in [6, 6.07) is 12.0. The average Bonchev–Trinajstić information content (AvgIpc) is 3.28. The Balaban J connectivity index is 1.54. The number of thiazole rings is 1. The fraction of sp³-hybridized carbons (Fsp3) is 0.0526. The van der Waals surface area contributed by atoms with Gasteiger partial charge in [-0.25, -0.2) is 18.2 Å². The van der Waals surface area contributed by atoms with Crippen molar-refractivity contribution in [2.24, 2.45) is 0 Å². The molecule has 0 saturated carbocycles. The second-order valence-electron chi connectivity index (χ2n) is 6.12. The van der Waals surface area contributed by atoms with Crippen LogP contribution < -0.4 is 9.04 Å². The van der Waals surface area contributed by atoms with Crippen LogP contribution in [0.2, 0.25) is 10.2 Å². The summed E-state index contributed by atoms with van der Waals surface area (Å²) in [6.45, 7) is 0. The number of carbonyl (C=O) groups excluding carboxylic acids is 1. The highest BCUT2D eigenvalue weighted by Crippen LogP contribution is 2.27. The summed E-state index contributed by atoms with van der Waals surface area (Å²) in [5, 5.41) is 2.28. The predicted molar refractivity (Wildman–Crippen MR) is 117 cm³/mol. The first-order chi connectivity index (χ1) is 14.3. The minimum absolute atomic E-state index is 0.0530. The number of hydrogen-bond donors (Lipinski definition) is 0. The molecule has 0 saturated heterocycles. The largest absolute Gasteiger partial charge is 0.422 e. The standard InChI is InChI=1S/C19H13Cl2N3O4S2/c1-23(30(26,27)15-8-2-12(20)3-9-15)13-4-6-14(7-5-13)28-18(25)16-17(21)22-19-24(16)10-11-29-19/h2-11H,1H3. The Kier molecular flexibility index (Phi) is 5.46. The van der Waals surface area contributed by atoms with Crippen molar-refractivity contribution >= 4 is 61.2 Å². The normalized spacial score (nSPS) is 11.6. The van der Waals surface area contributed by atoms with E-state index in [0.29, 0.717) is 15.7 Å². The number of rotatable bonds is 5. The lowest BCUT2D eigenvalue weighted by atomic mass is 10.3. The Morgan fingerprint density at radius 3 is 2.43 bits per heavy atom. The molecule has 2 aromatic carbocycles. The lowest BCUT2D eigenvalue weighted by molar-refractivity contribution is 0.0728. The molecule has 0 atom stereocenters. The molecule has 0 unspecified atom stereocenters. The van der Waals surface area contributed by atoms with Crippen molar-refractivity contribution in [3.8, 4) is 5.75 Å². The fourth-order valence-electron chi connectivity index (χ4n) is 2.72. The molecular formula is C19H13Cl2N3O4S2. The van der Waals surface area contributed by atoms with E-state index in [-0.39, 0.29) is 21.5 Å². The summed E-state index contributed by atoms with van der Waals surface area (Å²) >= 11 is 13.2. The summed E-state index contributed by atoms with van der Waals surface area (Å²) in [6.07, 6.45) is 1.68. The first-order valence-electron chi connectivity index (χ1n) is 8.45. The molecule has 7 nitrogen and oxygen atoms in total. The number of benzene rings is 2. The summed E-state index contributed by atoms with van der Waals surface area (Å²) < 4.78 is 33.6. The number of fused-ring (bicyclic) bond motifs is 1. The Morgan fingerprint density at radius 2 is 1.77 bits per heavy atom. The molecule has 0 N–H and O–H groups in total. The summed E-state index contributed by atoms with van der Waals surface area (Å²) in [5.41, 5.74) is 0.520. The van der Waals surface area contributed by atoms with Gasteiger partial charge in [0.15, 0.2) is 15.8 Å². The monoisotopic (exact) mass is 481 g/mol. The van der Waals surface area contributed by atoms with Gasteiger partial charge in [0.25, 0.3) is 10.0 Å². The van der Waals surface area contributed by atoms with Crippen LogP contribution in [0.25, 0.3) is 4.96 Å². The van der Waals surface area contributed by atoms with Gasteiger partial charge in [-0.3, -0.25) is 8.71 Å². The zero-order valence-electron chi connectivity index (χ0n) is 15.3. The van der Waals surface area contributed by atoms with Crippen molar-refractivity contribution in [2.45, 2.75) is 4.90 Å². The number of carbonyl (C=O) groups is 1. The van der Waals surface area contributed by atoms with E-state index in [9.17, 15) is 13.2 Å². The van der Waals surface area contributed by atoms with Crippen LogP contribution in [0.4, 0.5) is 5.69 Å². The number of ether oxygens (including phenoxy) is 1. The van der Waals surface area contributed by atoms with Gasteiger partial charge in [0.05, 0.1) is 10.6 Å². The molecule has 2 heterocycles. The minimum atomic E-state index is -3.76. The van der Waals surface area contributed by atoms with Crippen LogP contribution in [-0.2, 0) is 10.0 Å². The molecule has 154 valence electrons. The molecule has 0 aliphatic heterocycles. The minimum Gasteiger partial charge on any atom is -0.422 e. The Morgan fingerprint density at radius 1 is 1.10 bits per heavy atom. The number of sulfonamides is 1. The first kappa shape index (κ1) is 20.7. The molecule has 4 aromatic rings. The number of imidazole rings is 1. The SMILES string of the molecule is CN(c1ccc(OC(=O)c2c(Cl)nc3sccn23)cc1)S(=O)(=O)c1ccc(Cl)cc1. The summed E-state index contributed by atoms with van der Waals surface area (Å²) in [4.78, 5) is 17.3. The second-order valence-corrected chi connectivity index (χ2v) is 9.75.